The Balaban J connectivity index is 2.46. The van der Waals surface area contributed by atoms with Crippen molar-refractivity contribution < 1.29 is 18.4 Å². The maximum atomic E-state index is 13.8. The summed E-state index contributed by atoms with van der Waals surface area (Å²) in [5.74, 6) is -3.14. The van der Waals surface area contributed by atoms with Crippen molar-refractivity contribution in [3.63, 3.8) is 0 Å². The van der Waals surface area contributed by atoms with Crippen LogP contribution in [0.15, 0.2) is 30.3 Å². The maximum Gasteiger partial charge on any atom is 0.313 e. The second-order valence-electron chi connectivity index (χ2n) is 3.99. The minimum absolute atomic E-state index is 0.0742. The van der Waals surface area contributed by atoms with Crippen LogP contribution in [0.1, 0.15) is 5.56 Å². The minimum atomic E-state index is -1.00. The van der Waals surface area contributed by atoms with E-state index in [-0.39, 0.29) is 22.2 Å². The van der Waals surface area contributed by atoms with Crippen LogP contribution < -0.4 is 4.74 Å². The van der Waals surface area contributed by atoms with Gasteiger partial charge in [0.1, 0.15) is 0 Å². The van der Waals surface area contributed by atoms with Crippen molar-refractivity contribution in [2.24, 2.45) is 0 Å². The van der Waals surface area contributed by atoms with E-state index in [1.807, 2.05) is 0 Å². The Labute approximate surface area is 128 Å². The fourth-order valence-corrected chi connectivity index (χ4v) is 1.94. The van der Waals surface area contributed by atoms with Gasteiger partial charge in [-0.15, -0.1) is 11.6 Å². The van der Waals surface area contributed by atoms with Gasteiger partial charge >= 0.3 is 5.69 Å². The summed E-state index contributed by atoms with van der Waals surface area (Å²) in [7, 11) is 0. The smallest absolute Gasteiger partial charge is 0.313 e. The van der Waals surface area contributed by atoms with Gasteiger partial charge in [-0.2, -0.15) is 0 Å². The van der Waals surface area contributed by atoms with Gasteiger partial charge < -0.3 is 4.74 Å². The van der Waals surface area contributed by atoms with Gasteiger partial charge in [-0.25, -0.2) is 8.78 Å². The van der Waals surface area contributed by atoms with Crippen LogP contribution in [0.4, 0.5) is 14.5 Å². The predicted molar refractivity (Wildman–Crippen MR) is 74.1 cm³/mol. The number of benzene rings is 2. The van der Waals surface area contributed by atoms with Crippen molar-refractivity contribution in [1.82, 2.24) is 0 Å². The van der Waals surface area contributed by atoms with Gasteiger partial charge in [0, 0.05) is 17.0 Å². The molecule has 4 nitrogen and oxygen atoms in total. The highest BCUT2D eigenvalue weighted by Gasteiger charge is 2.20. The van der Waals surface area contributed by atoms with Gasteiger partial charge in [0.25, 0.3) is 0 Å². The maximum absolute atomic E-state index is 13.8. The lowest BCUT2D eigenvalue weighted by molar-refractivity contribution is -0.385. The van der Waals surface area contributed by atoms with Gasteiger partial charge in [0.2, 0.25) is 5.75 Å². The van der Waals surface area contributed by atoms with Crippen molar-refractivity contribution in [3.05, 3.63) is 62.7 Å². The zero-order valence-electron chi connectivity index (χ0n) is 10.3. The van der Waals surface area contributed by atoms with Crippen LogP contribution >= 0.6 is 23.2 Å². The Morgan fingerprint density at radius 1 is 1.19 bits per heavy atom. The summed E-state index contributed by atoms with van der Waals surface area (Å²) in [6, 6.07) is 5.49. The van der Waals surface area contributed by atoms with Crippen LogP contribution in [-0.4, -0.2) is 4.92 Å². The Morgan fingerprint density at radius 2 is 1.81 bits per heavy atom. The normalized spacial score (nSPS) is 10.5. The van der Waals surface area contributed by atoms with Crippen LogP contribution in [0.2, 0.25) is 5.02 Å². The first-order valence-electron chi connectivity index (χ1n) is 5.58. The molecular weight excluding hydrogens is 327 g/mol. The van der Waals surface area contributed by atoms with E-state index in [9.17, 15) is 18.9 Å². The standard InChI is InChI=1S/C13H7Cl2F2NO3/c14-6-7-3-9(16)13(10(17)4-7)21-12-2-1-8(15)5-11(12)18(19)20/h1-5H,6H2. The number of halogens is 4. The zero-order chi connectivity index (χ0) is 15.6. The Morgan fingerprint density at radius 3 is 2.33 bits per heavy atom. The third-order valence-corrected chi connectivity index (χ3v) is 3.09. The quantitative estimate of drug-likeness (QED) is 0.446. The molecule has 0 heterocycles. The molecule has 0 aromatic heterocycles. The van der Waals surface area contributed by atoms with Crippen LogP contribution in [0, 0.1) is 21.7 Å². The van der Waals surface area contributed by atoms with Crippen LogP contribution in [0.5, 0.6) is 11.5 Å². The number of hydrogen-bond donors (Lipinski definition) is 0. The van der Waals surface area contributed by atoms with Crippen molar-refractivity contribution >= 4 is 28.9 Å². The minimum Gasteiger partial charge on any atom is -0.444 e. The Hall–Kier alpha value is -1.92. The summed E-state index contributed by atoms with van der Waals surface area (Å²) in [5, 5.41) is 11.0. The fraction of sp³-hybridized carbons (Fsp3) is 0.0769. The molecule has 21 heavy (non-hydrogen) atoms. The van der Waals surface area contributed by atoms with E-state index in [4.69, 9.17) is 27.9 Å². The first-order chi connectivity index (χ1) is 9.92. The molecule has 2 aromatic rings. The second kappa shape index (κ2) is 6.24. The number of alkyl halides is 1. The molecule has 2 rings (SSSR count). The highest BCUT2D eigenvalue weighted by molar-refractivity contribution is 6.30. The number of nitrogens with zero attached hydrogens (tertiary/aromatic N) is 1. The van der Waals surface area contributed by atoms with Gasteiger partial charge in [-0.05, 0) is 29.8 Å². The molecule has 0 atom stereocenters. The van der Waals surface area contributed by atoms with Crippen LogP contribution in [0.3, 0.4) is 0 Å². The van der Waals surface area contributed by atoms with E-state index in [1.54, 1.807) is 0 Å². The zero-order valence-corrected chi connectivity index (χ0v) is 11.8. The van der Waals surface area contributed by atoms with Gasteiger partial charge in [-0.1, -0.05) is 11.6 Å². The molecular formula is C13H7Cl2F2NO3. The van der Waals surface area contributed by atoms with E-state index < -0.39 is 28.0 Å². The van der Waals surface area contributed by atoms with Crippen molar-refractivity contribution in [2.75, 3.05) is 0 Å². The largest absolute Gasteiger partial charge is 0.444 e. The molecule has 0 aliphatic carbocycles. The average molecular weight is 334 g/mol. The highest BCUT2D eigenvalue weighted by atomic mass is 35.5. The molecule has 0 aliphatic rings. The van der Waals surface area contributed by atoms with Crippen molar-refractivity contribution in [1.29, 1.82) is 0 Å². The summed E-state index contributed by atoms with van der Waals surface area (Å²) in [6.07, 6.45) is 0. The summed E-state index contributed by atoms with van der Waals surface area (Å²) < 4.78 is 32.5. The monoisotopic (exact) mass is 333 g/mol. The molecule has 0 radical (unpaired) electrons. The Bertz CT molecular complexity index is 687. The molecule has 0 saturated carbocycles. The molecule has 2 aromatic carbocycles. The van der Waals surface area contributed by atoms with E-state index in [0.717, 1.165) is 24.3 Å². The SMILES string of the molecule is O=[N+]([O-])c1cc(Cl)ccc1Oc1c(F)cc(CCl)cc1F. The van der Waals surface area contributed by atoms with Gasteiger partial charge in [-0.3, -0.25) is 10.1 Å². The molecule has 0 N–H and O–H groups in total. The van der Waals surface area contributed by atoms with Crippen molar-refractivity contribution in [2.45, 2.75) is 5.88 Å². The van der Waals surface area contributed by atoms with E-state index >= 15 is 0 Å². The average Bonchev–Trinajstić information content (AvgIpc) is 2.43. The lowest BCUT2D eigenvalue weighted by Gasteiger charge is -2.09. The molecule has 0 aliphatic heterocycles. The highest BCUT2D eigenvalue weighted by Crippen LogP contribution is 2.36. The molecule has 0 amide bonds. The van der Waals surface area contributed by atoms with E-state index in [1.165, 1.54) is 6.07 Å². The van der Waals surface area contributed by atoms with Crippen LogP contribution in [0.25, 0.3) is 0 Å². The molecule has 0 unspecified atom stereocenters. The number of ether oxygens (including phenoxy) is 1. The molecule has 8 heteroatoms. The first-order valence-corrected chi connectivity index (χ1v) is 6.49. The second-order valence-corrected chi connectivity index (χ2v) is 4.70. The lowest BCUT2D eigenvalue weighted by Crippen LogP contribution is -1.98. The third kappa shape index (κ3) is 3.40. The van der Waals surface area contributed by atoms with Gasteiger partial charge in [0.15, 0.2) is 17.4 Å². The third-order valence-electron chi connectivity index (χ3n) is 2.54. The van der Waals surface area contributed by atoms with Crippen LogP contribution in [-0.2, 0) is 5.88 Å². The topological polar surface area (TPSA) is 52.4 Å². The lowest BCUT2D eigenvalue weighted by atomic mass is 10.2. The number of hydrogen-bond acceptors (Lipinski definition) is 3. The summed E-state index contributed by atoms with van der Waals surface area (Å²) in [4.78, 5) is 10.1. The van der Waals surface area contributed by atoms with E-state index in [0.29, 0.717) is 0 Å². The van der Waals surface area contributed by atoms with Gasteiger partial charge in [0.05, 0.1) is 4.92 Å². The number of nitro groups is 1. The predicted octanol–water partition coefficient (Wildman–Crippen LogP) is 5.06. The number of rotatable bonds is 4. The molecule has 110 valence electrons. The summed E-state index contributed by atoms with van der Waals surface area (Å²) in [5.41, 5.74) is -0.271. The van der Waals surface area contributed by atoms with Crippen molar-refractivity contribution in [3.8, 4) is 11.5 Å². The molecule has 0 bridgehead atoms. The molecule has 0 saturated heterocycles. The fourth-order valence-electron chi connectivity index (χ4n) is 1.62. The molecule has 0 spiro atoms. The van der Waals surface area contributed by atoms with E-state index in [2.05, 4.69) is 0 Å². The first kappa shape index (κ1) is 15.5. The molecule has 0 fully saturated rings. The summed E-state index contributed by atoms with van der Waals surface area (Å²) >= 11 is 11.1. The Kier molecular flexibility index (Phi) is 4.59. The number of nitro benzene ring substituents is 1. The summed E-state index contributed by atoms with van der Waals surface area (Å²) in [6.45, 7) is 0.